The number of carbonyl (C=O) groups excluding carboxylic acids is 1. The van der Waals surface area contributed by atoms with Crippen molar-refractivity contribution in [2.24, 2.45) is 4.99 Å². The van der Waals surface area contributed by atoms with E-state index in [0.29, 0.717) is 25.0 Å². The summed E-state index contributed by atoms with van der Waals surface area (Å²) in [5.74, 6) is -0.232. The molecule has 0 heterocycles. The lowest BCUT2D eigenvalue weighted by molar-refractivity contribution is -0.384. The molecule has 3 aromatic rings. The minimum Gasteiger partial charge on any atom is -0.511 e. The second-order valence-electron chi connectivity index (χ2n) is 7.22. The van der Waals surface area contributed by atoms with Crippen molar-refractivity contribution in [3.63, 3.8) is 0 Å². The van der Waals surface area contributed by atoms with Gasteiger partial charge < -0.3 is 5.11 Å². The van der Waals surface area contributed by atoms with E-state index in [1.54, 1.807) is 18.2 Å². The highest BCUT2D eigenvalue weighted by atomic mass is 16.6. The third kappa shape index (κ3) is 3.85. The number of Topliss-reactive ketones (excluding diaryl/α,β-unsaturated/α-hetero) is 1. The maximum Gasteiger partial charge on any atom is 0.294 e. The highest BCUT2D eigenvalue weighted by Crippen LogP contribution is 2.31. The zero-order valence-electron chi connectivity index (χ0n) is 16.2. The van der Waals surface area contributed by atoms with Crippen LogP contribution in [0.3, 0.4) is 0 Å². The number of nitro groups is 1. The van der Waals surface area contributed by atoms with E-state index < -0.39 is 4.92 Å². The van der Waals surface area contributed by atoms with Gasteiger partial charge in [-0.3, -0.25) is 14.9 Å². The van der Waals surface area contributed by atoms with Gasteiger partial charge in [0, 0.05) is 18.9 Å². The molecule has 0 atom stereocenters. The van der Waals surface area contributed by atoms with Crippen molar-refractivity contribution in [3.8, 4) is 0 Å². The number of fused-ring (bicyclic) bond motifs is 1. The van der Waals surface area contributed by atoms with Gasteiger partial charge in [0.2, 0.25) is 0 Å². The maximum absolute atomic E-state index is 12.7. The number of rotatable bonds is 4. The molecule has 150 valence electrons. The van der Waals surface area contributed by atoms with Crippen molar-refractivity contribution in [2.45, 2.75) is 25.7 Å². The minimum atomic E-state index is -0.497. The lowest BCUT2D eigenvalue weighted by atomic mass is 9.88. The van der Waals surface area contributed by atoms with Crippen LogP contribution in [0.25, 0.3) is 10.8 Å². The van der Waals surface area contributed by atoms with Crippen molar-refractivity contribution in [1.29, 1.82) is 0 Å². The van der Waals surface area contributed by atoms with E-state index >= 15 is 0 Å². The smallest absolute Gasteiger partial charge is 0.294 e. The van der Waals surface area contributed by atoms with Crippen LogP contribution in [-0.4, -0.2) is 21.5 Å². The van der Waals surface area contributed by atoms with Gasteiger partial charge in [-0.15, -0.1) is 0 Å². The second-order valence-corrected chi connectivity index (χ2v) is 7.22. The molecule has 0 amide bonds. The number of ketones is 1. The molecule has 0 saturated heterocycles. The van der Waals surface area contributed by atoms with E-state index in [2.05, 4.69) is 4.99 Å². The molecule has 1 saturated carbocycles. The Kier molecular flexibility index (Phi) is 5.39. The first kappa shape index (κ1) is 19.5. The van der Waals surface area contributed by atoms with E-state index in [1.807, 2.05) is 42.5 Å². The molecule has 0 aromatic heterocycles. The summed E-state index contributed by atoms with van der Waals surface area (Å²) < 4.78 is 0. The average Bonchev–Trinajstić information content (AvgIpc) is 2.74. The molecule has 0 aliphatic heterocycles. The molecule has 0 bridgehead atoms. The Labute approximate surface area is 173 Å². The monoisotopic (exact) mass is 400 g/mol. The molecule has 6 nitrogen and oxygen atoms in total. The van der Waals surface area contributed by atoms with E-state index in [-0.39, 0.29) is 34.9 Å². The van der Waals surface area contributed by atoms with E-state index in [4.69, 9.17) is 0 Å². The number of nitrogens with zero attached hydrogens (tertiary/aromatic N) is 2. The van der Waals surface area contributed by atoms with Gasteiger partial charge in [-0.2, -0.15) is 0 Å². The number of hydrogen-bond donors (Lipinski definition) is 1. The first-order valence-electron chi connectivity index (χ1n) is 9.78. The highest BCUT2D eigenvalue weighted by molar-refractivity contribution is 6.24. The van der Waals surface area contributed by atoms with Gasteiger partial charge >= 0.3 is 0 Å². The summed E-state index contributed by atoms with van der Waals surface area (Å²) in [7, 11) is 0. The predicted molar refractivity (Wildman–Crippen MR) is 116 cm³/mol. The predicted octanol–water partition coefficient (Wildman–Crippen LogP) is 5.63. The summed E-state index contributed by atoms with van der Waals surface area (Å²) in [6, 6.07) is 19.9. The normalized spacial score (nSPS) is 17.3. The van der Waals surface area contributed by atoms with Crippen LogP contribution in [0.4, 0.5) is 11.4 Å². The topological polar surface area (TPSA) is 92.8 Å². The number of allylic oxidation sites excluding steroid dienone is 2. The fraction of sp³-hybridized carbons (Fsp3) is 0.167. The molecule has 0 radical (unpaired) electrons. The third-order valence-corrected chi connectivity index (χ3v) is 5.25. The fourth-order valence-corrected chi connectivity index (χ4v) is 3.84. The van der Waals surface area contributed by atoms with Gasteiger partial charge in [0.15, 0.2) is 5.78 Å². The van der Waals surface area contributed by atoms with Crippen LogP contribution in [0, 0.1) is 10.1 Å². The second kappa shape index (κ2) is 8.29. The molecule has 6 heteroatoms. The minimum absolute atomic E-state index is 0.0478. The van der Waals surface area contributed by atoms with Gasteiger partial charge in [0.05, 0.1) is 16.2 Å². The van der Waals surface area contributed by atoms with Crippen molar-refractivity contribution >= 4 is 33.6 Å². The molecule has 0 unspecified atom stereocenters. The zero-order valence-corrected chi connectivity index (χ0v) is 16.2. The summed E-state index contributed by atoms with van der Waals surface area (Å²) >= 11 is 0. The van der Waals surface area contributed by atoms with Crippen LogP contribution in [0.2, 0.25) is 0 Å². The number of aliphatic hydroxyl groups excluding tert-OH is 1. The number of aliphatic imine (C=N–C) groups is 1. The van der Waals surface area contributed by atoms with Gasteiger partial charge in [0.1, 0.15) is 11.4 Å². The number of benzene rings is 3. The van der Waals surface area contributed by atoms with Gasteiger partial charge in [-0.25, -0.2) is 4.99 Å². The summed E-state index contributed by atoms with van der Waals surface area (Å²) in [5, 5.41) is 24.3. The number of para-hydroxylation sites is 2. The summed E-state index contributed by atoms with van der Waals surface area (Å²) in [6.45, 7) is 0. The maximum atomic E-state index is 12.7. The number of hydrogen-bond acceptors (Lipinski definition) is 5. The zero-order chi connectivity index (χ0) is 21.1. The molecule has 1 fully saturated rings. The van der Waals surface area contributed by atoms with Crippen LogP contribution in [0.15, 0.2) is 83.1 Å². The van der Waals surface area contributed by atoms with E-state index in [1.165, 1.54) is 6.07 Å². The molecule has 4 rings (SSSR count). The molecule has 1 aliphatic rings. The standard InChI is InChI=1S/C24H20N2O4/c27-22-14-6-12-20(25-19-11-3-4-13-21(19)26(29)30)24(22)23(28)15-17-9-5-8-16-7-1-2-10-18(16)17/h1-5,7-11,13,28H,6,12,14-15H2. The molecule has 0 spiro atoms. The van der Waals surface area contributed by atoms with Gasteiger partial charge in [-0.1, -0.05) is 54.6 Å². The van der Waals surface area contributed by atoms with E-state index in [9.17, 15) is 20.0 Å². The highest BCUT2D eigenvalue weighted by Gasteiger charge is 2.26. The van der Waals surface area contributed by atoms with E-state index in [0.717, 1.165) is 16.3 Å². The molecular formula is C24H20N2O4. The number of carbonyl (C=O) groups is 1. The van der Waals surface area contributed by atoms with Crippen molar-refractivity contribution in [2.75, 3.05) is 0 Å². The van der Waals surface area contributed by atoms with Crippen LogP contribution in [0.1, 0.15) is 24.8 Å². The average molecular weight is 400 g/mol. The van der Waals surface area contributed by atoms with Crippen molar-refractivity contribution in [3.05, 3.63) is 93.7 Å². The molecule has 1 N–H and O–H groups in total. The number of aliphatic hydroxyl groups is 1. The first-order chi connectivity index (χ1) is 14.5. The van der Waals surface area contributed by atoms with Crippen LogP contribution < -0.4 is 0 Å². The Morgan fingerprint density at radius 2 is 1.73 bits per heavy atom. The third-order valence-electron chi connectivity index (χ3n) is 5.25. The molecule has 3 aromatic carbocycles. The Bertz CT molecular complexity index is 1210. The SMILES string of the molecule is O=C1CCCC(=Nc2ccccc2[N+](=O)[O-])C1=C(O)Cc1cccc2ccccc12. The van der Waals surface area contributed by atoms with Gasteiger partial charge in [0.25, 0.3) is 5.69 Å². The lowest BCUT2D eigenvalue weighted by Crippen LogP contribution is -2.21. The van der Waals surface area contributed by atoms with Gasteiger partial charge in [-0.05, 0) is 35.2 Å². The Balaban J connectivity index is 1.78. The molecular weight excluding hydrogens is 380 g/mol. The summed E-state index contributed by atoms with van der Waals surface area (Å²) in [4.78, 5) is 27.9. The fourth-order valence-electron chi connectivity index (χ4n) is 3.84. The van der Waals surface area contributed by atoms with Crippen LogP contribution in [0.5, 0.6) is 0 Å². The van der Waals surface area contributed by atoms with Crippen LogP contribution >= 0.6 is 0 Å². The number of nitro benzene ring substituents is 1. The van der Waals surface area contributed by atoms with Crippen molar-refractivity contribution < 1.29 is 14.8 Å². The summed E-state index contributed by atoms with van der Waals surface area (Å²) in [6.07, 6.45) is 1.60. The molecule has 30 heavy (non-hydrogen) atoms. The van der Waals surface area contributed by atoms with Crippen LogP contribution in [-0.2, 0) is 11.2 Å². The molecule has 1 aliphatic carbocycles. The first-order valence-corrected chi connectivity index (χ1v) is 9.78. The summed E-state index contributed by atoms with van der Waals surface area (Å²) in [5.41, 5.74) is 1.55. The Morgan fingerprint density at radius 1 is 1.00 bits per heavy atom. The van der Waals surface area contributed by atoms with Crippen molar-refractivity contribution in [1.82, 2.24) is 0 Å². The Hall–Kier alpha value is -3.80. The lowest BCUT2D eigenvalue weighted by Gasteiger charge is -2.18. The quantitative estimate of drug-likeness (QED) is 0.266. The largest absolute Gasteiger partial charge is 0.511 e. The Morgan fingerprint density at radius 3 is 2.57 bits per heavy atom.